The maximum Gasteiger partial charge on any atom is 0.278 e. The van der Waals surface area contributed by atoms with Crippen LogP contribution in [-0.4, -0.2) is 41.5 Å². The summed E-state index contributed by atoms with van der Waals surface area (Å²) in [6.07, 6.45) is 9.82. The monoisotopic (exact) mass is 342 g/mol. The number of fused-ring (bicyclic) bond motifs is 1. The van der Waals surface area contributed by atoms with E-state index in [1.165, 1.54) is 32.1 Å². The van der Waals surface area contributed by atoms with Gasteiger partial charge >= 0.3 is 0 Å². The Morgan fingerprint density at radius 3 is 2.68 bits per heavy atom. The van der Waals surface area contributed by atoms with Crippen molar-refractivity contribution in [3.05, 3.63) is 40.7 Å². The number of nitrogens with one attached hydrogen (secondary N) is 1. The number of pyridine rings is 1. The summed E-state index contributed by atoms with van der Waals surface area (Å²) in [4.78, 5) is 17.2. The number of aromatic nitrogens is 1. The Labute approximate surface area is 148 Å². The number of hydrogen-bond acceptors (Lipinski definition) is 5. The average molecular weight is 342 g/mol. The minimum absolute atomic E-state index is 0.102. The zero-order valence-electron chi connectivity index (χ0n) is 14.9. The molecule has 1 saturated carbocycles. The van der Waals surface area contributed by atoms with Crippen molar-refractivity contribution in [2.75, 3.05) is 26.0 Å². The van der Waals surface area contributed by atoms with Gasteiger partial charge in [-0.3, -0.25) is 15.1 Å². The Hall–Kier alpha value is -2.21. The molecular weight excluding hydrogens is 316 g/mol. The van der Waals surface area contributed by atoms with Crippen molar-refractivity contribution in [1.29, 1.82) is 0 Å². The molecule has 0 radical (unpaired) electrons. The maximum absolute atomic E-state index is 11.2. The zero-order chi connectivity index (χ0) is 17.8. The van der Waals surface area contributed by atoms with Gasteiger partial charge in [0.2, 0.25) is 0 Å². The fourth-order valence-corrected chi connectivity index (χ4v) is 3.99. The second-order valence-electron chi connectivity index (χ2n) is 7.12. The predicted octanol–water partition coefficient (Wildman–Crippen LogP) is 4.07. The van der Waals surface area contributed by atoms with E-state index in [2.05, 4.69) is 29.3 Å². The second-order valence-corrected chi connectivity index (χ2v) is 7.12. The highest BCUT2D eigenvalue weighted by Crippen LogP contribution is 2.32. The van der Waals surface area contributed by atoms with Gasteiger partial charge < -0.3 is 10.2 Å². The minimum atomic E-state index is -0.349. The molecule has 0 spiro atoms. The number of hydrogen-bond donors (Lipinski definition) is 1. The number of anilines is 1. The fraction of sp³-hybridized carbons (Fsp3) is 0.526. The molecule has 0 bridgehead atoms. The molecule has 1 aliphatic carbocycles. The smallest absolute Gasteiger partial charge is 0.278 e. The lowest BCUT2D eigenvalue weighted by Gasteiger charge is -2.35. The van der Waals surface area contributed by atoms with Gasteiger partial charge in [-0.15, -0.1) is 0 Å². The molecule has 134 valence electrons. The van der Waals surface area contributed by atoms with E-state index in [4.69, 9.17) is 0 Å². The normalized spacial score (nSPS) is 16.9. The third-order valence-electron chi connectivity index (χ3n) is 5.35. The van der Waals surface area contributed by atoms with E-state index < -0.39 is 0 Å². The largest absolute Gasteiger partial charge is 0.383 e. The first-order chi connectivity index (χ1) is 12.1. The van der Waals surface area contributed by atoms with Gasteiger partial charge in [0.15, 0.2) is 0 Å². The SMILES string of the molecule is CN(C)[C@H](CNc1ccc([N+](=O)[O-])c2cnccc12)C1CCCCC1. The van der Waals surface area contributed by atoms with Crippen LogP contribution in [0.4, 0.5) is 11.4 Å². The summed E-state index contributed by atoms with van der Waals surface area (Å²) >= 11 is 0. The molecule has 0 amide bonds. The summed E-state index contributed by atoms with van der Waals surface area (Å²) in [5, 5.41) is 16.2. The lowest BCUT2D eigenvalue weighted by Crippen LogP contribution is -2.41. The van der Waals surface area contributed by atoms with Crippen LogP contribution in [-0.2, 0) is 0 Å². The van der Waals surface area contributed by atoms with E-state index in [9.17, 15) is 10.1 Å². The Morgan fingerprint density at radius 1 is 1.24 bits per heavy atom. The van der Waals surface area contributed by atoms with Crippen molar-refractivity contribution in [3.8, 4) is 0 Å². The predicted molar refractivity (Wildman–Crippen MR) is 101 cm³/mol. The van der Waals surface area contributed by atoms with Crippen LogP contribution in [0.25, 0.3) is 10.8 Å². The Bertz CT molecular complexity index is 741. The Morgan fingerprint density at radius 2 is 2.00 bits per heavy atom. The van der Waals surface area contributed by atoms with Crippen molar-refractivity contribution in [2.24, 2.45) is 5.92 Å². The van der Waals surface area contributed by atoms with Crippen LogP contribution < -0.4 is 5.32 Å². The standard InChI is InChI=1S/C19H26N4O2/c1-22(2)19(14-6-4-3-5-7-14)13-21-17-8-9-18(23(24)25)16-12-20-11-10-15(16)17/h8-12,14,19,21H,3-7,13H2,1-2H3/t19-/m1/s1. The molecule has 1 aromatic carbocycles. The second kappa shape index (κ2) is 7.78. The van der Waals surface area contributed by atoms with E-state index in [0.29, 0.717) is 17.3 Å². The molecule has 1 N–H and O–H groups in total. The molecule has 1 aromatic heterocycles. The van der Waals surface area contributed by atoms with E-state index in [1.54, 1.807) is 18.5 Å². The van der Waals surface area contributed by atoms with Crippen LogP contribution in [0.5, 0.6) is 0 Å². The van der Waals surface area contributed by atoms with Gasteiger partial charge in [0, 0.05) is 42.1 Å². The van der Waals surface area contributed by atoms with E-state index in [0.717, 1.165) is 17.6 Å². The maximum atomic E-state index is 11.2. The molecule has 6 nitrogen and oxygen atoms in total. The number of non-ortho nitro benzene ring substituents is 1. The number of benzene rings is 1. The van der Waals surface area contributed by atoms with Crippen LogP contribution in [0.3, 0.4) is 0 Å². The van der Waals surface area contributed by atoms with Crippen LogP contribution in [0.1, 0.15) is 32.1 Å². The lowest BCUT2D eigenvalue weighted by molar-refractivity contribution is -0.383. The van der Waals surface area contributed by atoms with Crippen LogP contribution in [0, 0.1) is 16.0 Å². The minimum Gasteiger partial charge on any atom is -0.383 e. The Balaban J connectivity index is 1.82. The van der Waals surface area contributed by atoms with Crippen LogP contribution >= 0.6 is 0 Å². The molecule has 0 unspecified atom stereocenters. The molecule has 25 heavy (non-hydrogen) atoms. The van der Waals surface area contributed by atoms with Gasteiger partial charge in [0.25, 0.3) is 5.69 Å². The first-order valence-electron chi connectivity index (χ1n) is 8.99. The summed E-state index contributed by atoms with van der Waals surface area (Å²) in [6, 6.07) is 5.69. The fourth-order valence-electron chi connectivity index (χ4n) is 3.99. The summed E-state index contributed by atoms with van der Waals surface area (Å²) in [5.74, 6) is 0.710. The number of nitro benzene ring substituents is 1. The highest BCUT2D eigenvalue weighted by molar-refractivity contribution is 5.99. The molecule has 0 saturated heterocycles. The van der Waals surface area contributed by atoms with Crippen molar-refractivity contribution in [3.63, 3.8) is 0 Å². The third-order valence-corrected chi connectivity index (χ3v) is 5.35. The van der Waals surface area contributed by atoms with Crippen LogP contribution in [0.2, 0.25) is 0 Å². The van der Waals surface area contributed by atoms with Crippen molar-refractivity contribution in [1.82, 2.24) is 9.88 Å². The molecular formula is C19H26N4O2. The molecule has 0 aliphatic heterocycles. The first-order valence-corrected chi connectivity index (χ1v) is 8.99. The molecule has 1 aliphatic rings. The van der Waals surface area contributed by atoms with Gasteiger partial charge in [-0.25, -0.2) is 0 Å². The number of likely N-dealkylation sites (N-methyl/N-ethyl adjacent to an activating group) is 1. The summed E-state index contributed by atoms with van der Waals surface area (Å²) in [6.45, 7) is 0.840. The molecule has 3 rings (SSSR count). The molecule has 6 heteroatoms. The zero-order valence-corrected chi connectivity index (χ0v) is 14.9. The van der Waals surface area contributed by atoms with Gasteiger partial charge in [-0.05, 0) is 45.0 Å². The highest BCUT2D eigenvalue weighted by atomic mass is 16.6. The summed E-state index contributed by atoms with van der Waals surface area (Å²) < 4.78 is 0. The average Bonchev–Trinajstić information content (AvgIpc) is 2.62. The molecule has 1 heterocycles. The molecule has 2 aromatic rings. The number of rotatable bonds is 6. The van der Waals surface area contributed by atoms with Crippen molar-refractivity contribution < 1.29 is 4.92 Å². The summed E-state index contributed by atoms with van der Waals surface area (Å²) in [5.41, 5.74) is 1.04. The topological polar surface area (TPSA) is 71.3 Å². The highest BCUT2D eigenvalue weighted by Gasteiger charge is 2.25. The summed E-state index contributed by atoms with van der Waals surface area (Å²) in [7, 11) is 4.28. The quantitative estimate of drug-likeness (QED) is 0.633. The van der Waals surface area contributed by atoms with Gasteiger partial charge in [-0.1, -0.05) is 19.3 Å². The van der Waals surface area contributed by atoms with Gasteiger partial charge in [-0.2, -0.15) is 0 Å². The van der Waals surface area contributed by atoms with Crippen molar-refractivity contribution in [2.45, 2.75) is 38.1 Å². The van der Waals surface area contributed by atoms with E-state index in [-0.39, 0.29) is 10.6 Å². The number of nitrogens with zero attached hydrogens (tertiary/aromatic N) is 3. The Kier molecular flexibility index (Phi) is 5.48. The van der Waals surface area contributed by atoms with Crippen LogP contribution in [0.15, 0.2) is 30.6 Å². The van der Waals surface area contributed by atoms with Gasteiger partial charge in [0.05, 0.1) is 10.3 Å². The van der Waals surface area contributed by atoms with E-state index >= 15 is 0 Å². The number of nitro groups is 1. The van der Waals surface area contributed by atoms with E-state index in [1.807, 2.05) is 12.1 Å². The molecule has 1 atom stereocenters. The molecule has 1 fully saturated rings. The third kappa shape index (κ3) is 3.90. The van der Waals surface area contributed by atoms with Crippen molar-refractivity contribution >= 4 is 22.1 Å². The lowest BCUT2D eigenvalue weighted by atomic mass is 9.83. The first kappa shape index (κ1) is 17.6. The van der Waals surface area contributed by atoms with Gasteiger partial charge in [0.1, 0.15) is 0 Å².